The Labute approximate surface area is 102 Å². The van der Waals surface area contributed by atoms with Gasteiger partial charge in [-0.2, -0.15) is 5.10 Å². The highest BCUT2D eigenvalue weighted by molar-refractivity contribution is 5.75. The molecule has 5 heteroatoms. The van der Waals surface area contributed by atoms with Crippen LogP contribution in [0.25, 0.3) is 0 Å². The molecule has 0 fully saturated rings. The first-order valence-electron chi connectivity index (χ1n) is 6.07. The van der Waals surface area contributed by atoms with Gasteiger partial charge in [-0.15, -0.1) is 0 Å². The van der Waals surface area contributed by atoms with Crippen molar-refractivity contribution in [3.63, 3.8) is 0 Å². The first kappa shape index (κ1) is 13.7. The minimum Gasteiger partial charge on any atom is -0.356 e. The van der Waals surface area contributed by atoms with Crippen molar-refractivity contribution < 1.29 is 4.79 Å². The van der Waals surface area contributed by atoms with E-state index in [0.717, 1.165) is 24.8 Å². The third-order valence-electron chi connectivity index (χ3n) is 2.56. The lowest BCUT2D eigenvalue weighted by molar-refractivity contribution is -0.121. The van der Waals surface area contributed by atoms with Crippen LogP contribution in [0.3, 0.4) is 0 Å². The van der Waals surface area contributed by atoms with Crippen molar-refractivity contribution in [2.24, 2.45) is 12.8 Å². The summed E-state index contributed by atoms with van der Waals surface area (Å²) >= 11 is 0. The fourth-order valence-corrected chi connectivity index (χ4v) is 1.62. The standard InChI is InChI=1S/C12H22N4O/c1-10(13)4-3-5-12(17)14-7-6-11-8-15-16(2)9-11/h8-10H,3-7,13H2,1-2H3,(H,14,17). The van der Waals surface area contributed by atoms with Crippen LogP contribution in [0.5, 0.6) is 0 Å². The summed E-state index contributed by atoms with van der Waals surface area (Å²) in [5.74, 6) is 0.106. The van der Waals surface area contributed by atoms with Crippen molar-refractivity contribution in [1.29, 1.82) is 0 Å². The van der Waals surface area contributed by atoms with Gasteiger partial charge >= 0.3 is 0 Å². The Bertz CT molecular complexity index is 346. The molecule has 0 bridgehead atoms. The molecular weight excluding hydrogens is 216 g/mol. The van der Waals surface area contributed by atoms with Gasteiger partial charge in [0.05, 0.1) is 6.20 Å². The van der Waals surface area contributed by atoms with Gasteiger partial charge in [-0.05, 0) is 31.7 Å². The Balaban J connectivity index is 2.08. The smallest absolute Gasteiger partial charge is 0.220 e. The van der Waals surface area contributed by atoms with Crippen molar-refractivity contribution in [1.82, 2.24) is 15.1 Å². The second-order valence-electron chi connectivity index (χ2n) is 4.49. The number of aromatic nitrogens is 2. The SMILES string of the molecule is CC(N)CCCC(=O)NCCc1cnn(C)c1. The molecule has 96 valence electrons. The van der Waals surface area contributed by atoms with Gasteiger partial charge in [-0.3, -0.25) is 9.48 Å². The monoisotopic (exact) mass is 238 g/mol. The molecule has 1 aromatic rings. The number of carbonyl (C=O) groups is 1. The van der Waals surface area contributed by atoms with Crippen molar-refractivity contribution in [3.8, 4) is 0 Å². The molecule has 0 saturated carbocycles. The van der Waals surface area contributed by atoms with Crippen LogP contribution in [0.4, 0.5) is 0 Å². The van der Waals surface area contributed by atoms with Gasteiger partial charge in [0.2, 0.25) is 5.91 Å². The molecule has 1 heterocycles. The Morgan fingerprint density at radius 2 is 2.41 bits per heavy atom. The number of rotatable bonds is 7. The number of hydrogen-bond acceptors (Lipinski definition) is 3. The minimum absolute atomic E-state index is 0.106. The van der Waals surface area contributed by atoms with E-state index in [-0.39, 0.29) is 11.9 Å². The Morgan fingerprint density at radius 1 is 1.65 bits per heavy atom. The predicted molar refractivity (Wildman–Crippen MR) is 67.4 cm³/mol. The first-order chi connectivity index (χ1) is 8.08. The molecule has 1 aromatic heterocycles. The zero-order valence-electron chi connectivity index (χ0n) is 10.6. The van der Waals surface area contributed by atoms with Gasteiger partial charge in [0.1, 0.15) is 0 Å². The summed E-state index contributed by atoms with van der Waals surface area (Å²) in [5, 5.41) is 6.97. The van der Waals surface area contributed by atoms with Crippen LogP contribution in [-0.4, -0.2) is 28.3 Å². The molecule has 0 aliphatic carbocycles. The van der Waals surface area contributed by atoms with E-state index in [1.807, 2.05) is 26.4 Å². The topological polar surface area (TPSA) is 72.9 Å². The molecule has 1 atom stereocenters. The third-order valence-corrected chi connectivity index (χ3v) is 2.56. The lowest BCUT2D eigenvalue weighted by Crippen LogP contribution is -2.26. The second-order valence-corrected chi connectivity index (χ2v) is 4.49. The molecule has 1 unspecified atom stereocenters. The fraction of sp³-hybridized carbons (Fsp3) is 0.667. The Morgan fingerprint density at radius 3 is 3.00 bits per heavy atom. The summed E-state index contributed by atoms with van der Waals surface area (Å²) in [4.78, 5) is 11.4. The van der Waals surface area contributed by atoms with Gasteiger partial charge in [-0.1, -0.05) is 0 Å². The number of amides is 1. The number of nitrogens with two attached hydrogens (primary N) is 1. The van der Waals surface area contributed by atoms with Crippen LogP contribution in [-0.2, 0) is 18.3 Å². The van der Waals surface area contributed by atoms with E-state index in [4.69, 9.17) is 5.73 Å². The van der Waals surface area contributed by atoms with Crippen LogP contribution < -0.4 is 11.1 Å². The van der Waals surface area contributed by atoms with Gasteiger partial charge in [0, 0.05) is 32.3 Å². The molecule has 3 N–H and O–H groups in total. The minimum atomic E-state index is 0.106. The molecule has 0 aromatic carbocycles. The zero-order valence-corrected chi connectivity index (χ0v) is 10.6. The van der Waals surface area contributed by atoms with E-state index in [0.29, 0.717) is 13.0 Å². The molecule has 0 aliphatic rings. The van der Waals surface area contributed by atoms with Gasteiger partial charge in [0.25, 0.3) is 0 Å². The van der Waals surface area contributed by atoms with E-state index in [1.165, 1.54) is 0 Å². The normalized spacial score (nSPS) is 12.4. The second kappa shape index (κ2) is 7.06. The molecule has 17 heavy (non-hydrogen) atoms. The number of hydrogen-bond donors (Lipinski definition) is 2. The third kappa shape index (κ3) is 6.06. The summed E-state index contributed by atoms with van der Waals surface area (Å²) < 4.78 is 1.76. The molecule has 1 rings (SSSR count). The zero-order chi connectivity index (χ0) is 12.7. The van der Waals surface area contributed by atoms with Crippen LogP contribution in [0.2, 0.25) is 0 Å². The van der Waals surface area contributed by atoms with E-state index >= 15 is 0 Å². The quantitative estimate of drug-likeness (QED) is 0.730. The maximum Gasteiger partial charge on any atom is 0.220 e. The van der Waals surface area contributed by atoms with Crippen LogP contribution in [0, 0.1) is 0 Å². The van der Waals surface area contributed by atoms with Crippen molar-refractivity contribution in [3.05, 3.63) is 18.0 Å². The molecular formula is C12H22N4O. The highest BCUT2D eigenvalue weighted by Gasteiger charge is 2.02. The summed E-state index contributed by atoms with van der Waals surface area (Å²) in [6, 6.07) is 0.179. The first-order valence-corrected chi connectivity index (χ1v) is 6.07. The van der Waals surface area contributed by atoms with E-state index in [1.54, 1.807) is 4.68 Å². The summed E-state index contributed by atoms with van der Waals surface area (Å²) in [6.45, 7) is 2.63. The lowest BCUT2D eigenvalue weighted by atomic mass is 10.1. The fourth-order valence-electron chi connectivity index (χ4n) is 1.62. The average molecular weight is 238 g/mol. The molecule has 5 nitrogen and oxygen atoms in total. The number of aryl methyl sites for hydroxylation is 1. The highest BCUT2D eigenvalue weighted by atomic mass is 16.1. The lowest BCUT2D eigenvalue weighted by Gasteiger charge is -2.05. The Kier molecular flexibility index (Phi) is 5.69. The van der Waals surface area contributed by atoms with Crippen LogP contribution >= 0.6 is 0 Å². The van der Waals surface area contributed by atoms with E-state index in [9.17, 15) is 4.79 Å². The van der Waals surface area contributed by atoms with E-state index in [2.05, 4.69) is 10.4 Å². The summed E-state index contributed by atoms with van der Waals surface area (Å²) in [6.07, 6.45) is 6.93. The summed E-state index contributed by atoms with van der Waals surface area (Å²) in [5.41, 5.74) is 6.76. The Hall–Kier alpha value is -1.36. The van der Waals surface area contributed by atoms with Crippen molar-refractivity contribution >= 4 is 5.91 Å². The maximum atomic E-state index is 11.4. The van der Waals surface area contributed by atoms with Gasteiger partial charge in [-0.25, -0.2) is 0 Å². The largest absolute Gasteiger partial charge is 0.356 e. The number of nitrogens with one attached hydrogen (secondary N) is 1. The van der Waals surface area contributed by atoms with Gasteiger partial charge < -0.3 is 11.1 Å². The maximum absolute atomic E-state index is 11.4. The molecule has 0 saturated heterocycles. The van der Waals surface area contributed by atoms with Crippen molar-refractivity contribution in [2.75, 3.05) is 6.54 Å². The predicted octanol–water partition coefficient (Wildman–Crippen LogP) is 0.596. The highest BCUT2D eigenvalue weighted by Crippen LogP contribution is 1.99. The molecule has 1 amide bonds. The number of nitrogens with zero attached hydrogens (tertiary/aromatic N) is 2. The molecule has 0 radical (unpaired) electrons. The van der Waals surface area contributed by atoms with E-state index < -0.39 is 0 Å². The molecule has 0 aliphatic heterocycles. The van der Waals surface area contributed by atoms with Crippen LogP contribution in [0.1, 0.15) is 31.7 Å². The average Bonchev–Trinajstić information content (AvgIpc) is 2.63. The summed E-state index contributed by atoms with van der Waals surface area (Å²) in [7, 11) is 1.88. The number of carbonyl (C=O) groups excluding carboxylic acids is 1. The van der Waals surface area contributed by atoms with Gasteiger partial charge in [0.15, 0.2) is 0 Å². The molecule has 0 spiro atoms. The van der Waals surface area contributed by atoms with Crippen LogP contribution in [0.15, 0.2) is 12.4 Å². The van der Waals surface area contributed by atoms with Crippen molar-refractivity contribution in [2.45, 2.75) is 38.6 Å².